The summed E-state index contributed by atoms with van der Waals surface area (Å²) in [6, 6.07) is 10.00. The minimum atomic E-state index is -0.921. The quantitative estimate of drug-likeness (QED) is 0.918. The molecule has 1 aliphatic rings. The molecule has 0 amide bonds. The van der Waals surface area contributed by atoms with E-state index in [2.05, 4.69) is 0 Å². The molecule has 0 unspecified atom stereocenters. The molecule has 2 aromatic carbocycles. The van der Waals surface area contributed by atoms with Crippen LogP contribution in [0.5, 0.6) is 5.75 Å². The van der Waals surface area contributed by atoms with Gasteiger partial charge in [-0.1, -0.05) is 23.7 Å². The third-order valence-corrected chi connectivity index (χ3v) is 4.06. The summed E-state index contributed by atoms with van der Waals surface area (Å²) >= 11 is 5.97. The number of ketones is 1. The zero-order valence-electron chi connectivity index (χ0n) is 11.8. The summed E-state index contributed by atoms with van der Waals surface area (Å²) in [5.41, 5.74) is 2.30. The first-order valence-corrected chi connectivity index (χ1v) is 7.18. The summed E-state index contributed by atoms with van der Waals surface area (Å²) in [6.07, 6.45) is 0. The Morgan fingerprint density at radius 3 is 2.73 bits per heavy atom. The van der Waals surface area contributed by atoms with Gasteiger partial charge in [-0.05, 0) is 36.8 Å². The first kappa shape index (κ1) is 14.6. The summed E-state index contributed by atoms with van der Waals surface area (Å²) in [5, 5.41) is 9.59. The lowest BCUT2D eigenvalue weighted by atomic mass is 9.95. The number of halogens is 1. The van der Waals surface area contributed by atoms with Crippen molar-refractivity contribution in [3.05, 3.63) is 63.7 Å². The molecule has 1 aliphatic heterocycles. The lowest BCUT2D eigenvalue weighted by molar-refractivity contribution is -0.138. The van der Waals surface area contributed by atoms with Gasteiger partial charge in [-0.15, -0.1) is 0 Å². The van der Waals surface area contributed by atoms with Crippen LogP contribution in [-0.4, -0.2) is 16.9 Å². The molecule has 1 N–H and O–H groups in total. The highest BCUT2D eigenvalue weighted by Crippen LogP contribution is 2.32. The van der Waals surface area contributed by atoms with Crippen LogP contribution in [0, 0.1) is 0 Å². The van der Waals surface area contributed by atoms with Gasteiger partial charge in [0.15, 0.2) is 5.78 Å². The zero-order chi connectivity index (χ0) is 15.9. The second kappa shape index (κ2) is 5.46. The van der Waals surface area contributed by atoms with Gasteiger partial charge >= 0.3 is 5.97 Å². The molecule has 0 saturated carbocycles. The number of ether oxygens (including phenoxy) is 1. The highest BCUT2D eigenvalue weighted by Gasteiger charge is 2.24. The molecule has 4 nitrogen and oxygen atoms in total. The van der Waals surface area contributed by atoms with Gasteiger partial charge in [-0.25, -0.2) is 0 Å². The number of carboxylic acids is 1. The smallest absolute Gasteiger partial charge is 0.310 e. The fourth-order valence-corrected chi connectivity index (χ4v) is 2.62. The predicted molar refractivity (Wildman–Crippen MR) is 81.7 cm³/mol. The van der Waals surface area contributed by atoms with Crippen LogP contribution in [0.15, 0.2) is 36.4 Å². The van der Waals surface area contributed by atoms with Crippen molar-refractivity contribution in [2.45, 2.75) is 19.4 Å². The molecule has 0 saturated heterocycles. The molecule has 22 heavy (non-hydrogen) atoms. The topological polar surface area (TPSA) is 63.6 Å². The minimum Gasteiger partial charge on any atom is -0.488 e. The predicted octanol–water partition coefficient (Wildman–Crippen LogP) is 3.65. The van der Waals surface area contributed by atoms with Gasteiger partial charge in [-0.2, -0.15) is 0 Å². The van der Waals surface area contributed by atoms with Gasteiger partial charge in [0.2, 0.25) is 0 Å². The molecular weight excluding hydrogens is 304 g/mol. The zero-order valence-corrected chi connectivity index (χ0v) is 12.6. The Morgan fingerprint density at radius 2 is 2.00 bits per heavy atom. The van der Waals surface area contributed by atoms with Crippen molar-refractivity contribution in [1.29, 1.82) is 0 Å². The molecule has 1 heterocycles. The molecule has 3 rings (SSSR count). The van der Waals surface area contributed by atoms with E-state index in [4.69, 9.17) is 21.4 Å². The van der Waals surface area contributed by atoms with E-state index < -0.39 is 11.9 Å². The Kier molecular flexibility index (Phi) is 3.62. The van der Waals surface area contributed by atoms with Crippen LogP contribution in [0.3, 0.4) is 0 Å². The molecule has 112 valence electrons. The molecule has 0 aromatic heterocycles. The molecule has 0 aliphatic carbocycles. The second-order valence-electron chi connectivity index (χ2n) is 5.23. The van der Waals surface area contributed by atoms with E-state index >= 15 is 0 Å². The van der Waals surface area contributed by atoms with Gasteiger partial charge in [0.05, 0.1) is 11.5 Å². The van der Waals surface area contributed by atoms with E-state index in [0.29, 0.717) is 27.5 Å². The molecule has 0 fully saturated rings. The number of carboxylic acid groups (broad SMARTS) is 1. The average molecular weight is 317 g/mol. The number of benzene rings is 2. The number of hydrogen-bond acceptors (Lipinski definition) is 3. The molecule has 1 atom stereocenters. The SMILES string of the molecule is C[C@@H](C(=O)O)c1ccc2c(c1)OCc1ccc(Cl)cc1C2=O. The third kappa shape index (κ3) is 2.46. The lowest BCUT2D eigenvalue weighted by Crippen LogP contribution is -2.08. The normalized spacial score (nSPS) is 14.4. The Bertz CT molecular complexity index is 782. The van der Waals surface area contributed by atoms with E-state index in [1.807, 2.05) is 0 Å². The molecule has 0 bridgehead atoms. The van der Waals surface area contributed by atoms with Crippen molar-refractivity contribution >= 4 is 23.4 Å². The number of fused-ring (bicyclic) bond motifs is 2. The fraction of sp³-hybridized carbons (Fsp3) is 0.176. The standard InChI is InChI=1S/C17H13ClO4/c1-9(17(20)21)10-3-5-13-15(6-10)22-8-11-2-4-12(18)7-14(11)16(13)19/h2-7,9H,8H2,1H3,(H,20,21)/t9-/m1/s1. The summed E-state index contributed by atoms with van der Waals surface area (Å²) < 4.78 is 5.70. The van der Waals surface area contributed by atoms with Gasteiger partial charge in [0.25, 0.3) is 0 Å². The molecule has 2 aromatic rings. The van der Waals surface area contributed by atoms with E-state index in [1.54, 1.807) is 43.3 Å². The first-order chi connectivity index (χ1) is 10.5. The molecule has 5 heteroatoms. The van der Waals surface area contributed by atoms with Gasteiger partial charge in [0.1, 0.15) is 12.4 Å². The molecular formula is C17H13ClO4. The maximum absolute atomic E-state index is 12.6. The van der Waals surface area contributed by atoms with Crippen molar-refractivity contribution in [2.24, 2.45) is 0 Å². The van der Waals surface area contributed by atoms with Gasteiger partial charge in [-0.3, -0.25) is 9.59 Å². The Morgan fingerprint density at radius 1 is 1.23 bits per heavy atom. The van der Waals surface area contributed by atoms with Crippen LogP contribution in [0.2, 0.25) is 5.02 Å². The number of rotatable bonds is 2. The van der Waals surface area contributed by atoms with Gasteiger partial charge in [0, 0.05) is 16.1 Å². The van der Waals surface area contributed by atoms with E-state index in [9.17, 15) is 9.59 Å². The lowest BCUT2D eigenvalue weighted by Gasteiger charge is -2.11. The van der Waals surface area contributed by atoms with Crippen LogP contribution in [0.1, 0.15) is 39.9 Å². The first-order valence-electron chi connectivity index (χ1n) is 6.80. The van der Waals surface area contributed by atoms with Crippen LogP contribution in [0.25, 0.3) is 0 Å². The van der Waals surface area contributed by atoms with Crippen molar-refractivity contribution in [3.8, 4) is 5.75 Å². The second-order valence-corrected chi connectivity index (χ2v) is 5.67. The largest absolute Gasteiger partial charge is 0.488 e. The maximum atomic E-state index is 12.6. The summed E-state index contributed by atoms with van der Waals surface area (Å²) in [6.45, 7) is 1.84. The number of carbonyl (C=O) groups is 2. The van der Waals surface area contributed by atoms with Crippen LogP contribution < -0.4 is 4.74 Å². The highest BCUT2D eigenvalue weighted by molar-refractivity contribution is 6.31. The van der Waals surface area contributed by atoms with E-state index in [-0.39, 0.29) is 12.4 Å². The van der Waals surface area contributed by atoms with E-state index in [1.165, 1.54) is 0 Å². The average Bonchev–Trinajstić information content (AvgIpc) is 2.64. The summed E-state index contributed by atoms with van der Waals surface area (Å²) in [4.78, 5) is 23.7. The summed E-state index contributed by atoms with van der Waals surface area (Å²) in [5.74, 6) is -1.35. The van der Waals surface area contributed by atoms with Crippen molar-refractivity contribution in [2.75, 3.05) is 0 Å². The monoisotopic (exact) mass is 316 g/mol. The van der Waals surface area contributed by atoms with Crippen LogP contribution in [0.4, 0.5) is 0 Å². The van der Waals surface area contributed by atoms with Gasteiger partial charge < -0.3 is 9.84 Å². The minimum absolute atomic E-state index is 0.167. The van der Waals surface area contributed by atoms with Crippen molar-refractivity contribution in [3.63, 3.8) is 0 Å². The Labute approximate surface area is 132 Å². The third-order valence-electron chi connectivity index (χ3n) is 3.82. The number of aliphatic carboxylic acids is 1. The molecule has 0 spiro atoms. The Balaban J connectivity index is 2.07. The van der Waals surface area contributed by atoms with Crippen molar-refractivity contribution < 1.29 is 19.4 Å². The van der Waals surface area contributed by atoms with Crippen LogP contribution >= 0.6 is 11.6 Å². The van der Waals surface area contributed by atoms with Crippen LogP contribution in [-0.2, 0) is 11.4 Å². The van der Waals surface area contributed by atoms with E-state index in [0.717, 1.165) is 5.56 Å². The highest BCUT2D eigenvalue weighted by atomic mass is 35.5. The summed E-state index contributed by atoms with van der Waals surface area (Å²) in [7, 11) is 0. The number of carbonyl (C=O) groups excluding carboxylic acids is 1. The maximum Gasteiger partial charge on any atom is 0.310 e. The number of hydrogen-bond donors (Lipinski definition) is 1. The molecule has 0 radical (unpaired) electrons. The van der Waals surface area contributed by atoms with Crippen molar-refractivity contribution in [1.82, 2.24) is 0 Å². The fourth-order valence-electron chi connectivity index (χ4n) is 2.44. The Hall–Kier alpha value is -2.33.